The lowest BCUT2D eigenvalue weighted by molar-refractivity contribution is -0.136. The van der Waals surface area contributed by atoms with Crippen molar-refractivity contribution >= 4 is 50.7 Å². The molecule has 0 spiro atoms. The van der Waals surface area contributed by atoms with Crippen LogP contribution in [0.1, 0.15) is 142 Å². The van der Waals surface area contributed by atoms with Gasteiger partial charge in [-0.2, -0.15) is 0 Å². The van der Waals surface area contributed by atoms with Crippen molar-refractivity contribution < 1.29 is 46.6 Å². The number of methoxy groups -OCH3 is 1. The zero-order valence-electron chi connectivity index (χ0n) is 38.0. The Labute approximate surface area is 391 Å². The van der Waals surface area contributed by atoms with Gasteiger partial charge in [0.1, 0.15) is 28.2 Å². The van der Waals surface area contributed by atoms with Crippen LogP contribution in [0.5, 0.6) is 17.2 Å². The van der Waals surface area contributed by atoms with E-state index in [1.54, 1.807) is 35.2 Å². The van der Waals surface area contributed by atoms with Gasteiger partial charge in [0.2, 0.25) is 11.8 Å². The third-order valence-electron chi connectivity index (χ3n) is 12.5. The number of piperidine rings is 1. The number of amides is 5. The molecule has 0 radical (unpaired) electrons. The molecule has 1 aromatic heterocycles. The highest BCUT2D eigenvalue weighted by atomic mass is 32.2. The Balaban J connectivity index is 0.760. The van der Waals surface area contributed by atoms with Crippen LogP contribution in [0, 0.1) is 0 Å². The molecule has 0 saturated carbocycles. The zero-order valence-corrected chi connectivity index (χ0v) is 39.7. The number of carbonyl (C=O) groups is 5. The number of thiophene rings is 1. The van der Waals surface area contributed by atoms with Crippen LogP contribution in [0.15, 0.2) is 66.0 Å². The Bertz CT molecular complexity index is 2520. The lowest BCUT2D eigenvalue weighted by Gasteiger charge is -2.29. The molecule has 14 nitrogen and oxygen atoms in total. The van der Waals surface area contributed by atoms with Gasteiger partial charge in [0.05, 0.1) is 42.2 Å². The molecule has 2 N–H and O–H groups in total. The minimum Gasteiger partial charge on any atom is -0.493 e. The highest BCUT2D eigenvalue weighted by Crippen LogP contribution is 2.38. The summed E-state index contributed by atoms with van der Waals surface area (Å²) in [6.45, 7) is 4.58. The van der Waals surface area contributed by atoms with Crippen molar-refractivity contribution in [1.82, 2.24) is 20.4 Å². The van der Waals surface area contributed by atoms with Gasteiger partial charge in [-0.1, -0.05) is 75.3 Å². The number of rotatable bonds is 25. The second-order valence-electron chi connectivity index (χ2n) is 17.3. The minimum absolute atomic E-state index is 0.172. The molecule has 352 valence electrons. The van der Waals surface area contributed by atoms with Crippen LogP contribution < -0.4 is 24.8 Å². The van der Waals surface area contributed by atoms with Crippen molar-refractivity contribution in [2.24, 2.45) is 0 Å². The Morgan fingerprint density at radius 1 is 0.833 bits per heavy atom. The predicted octanol–water partition coefficient (Wildman–Crippen LogP) is 7.72. The standard InChI is InChI=1S/C50H60N4O10S2/c1-4-63-43-27-35(20-24-42(43)62-2)41(32-66(3,60)61)54-49(58)37-17-14-16-34(46(37)50(54)59)15-12-10-8-6-5-7-9-11-13-26-51-28-33-18-21-36(22-19-33)64-30-44-38-29-53(48(57)39(38)31-65-44)40-23-25-45(55)52-47(40)56/h14,16-22,24,27,31,40-41,51H,4-13,15,23,25-26,28-30,32H2,1-3H3,(H,52,55,56)/t40?,41-/m1/s1. The van der Waals surface area contributed by atoms with E-state index in [1.807, 2.05) is 30.5 Å². The third-order valence-corrected chi connectivity index (χ3v) is 14.4. The van der Waals surface area contributed by atoms with E-state index in [-0.39, 0.29) is 18.2 Å². The van der Waals surface area contributed by atoms with Gasteiger partial charge in [0.15, 0.2) is 11.5 Å². The Morgan fingerprint density at radius 2 is 1.56 bits per heavy atom. The molecule has 0 aliphatic carbocycles. The molecule has 1 unspecified atom stereocenters. The molecule has 2 atom stereocenters. The summed E-state index contributed by atoms with van der Waals surface area (Å²) in [5.74, 6) is -0.635. The molecule has 1 saturated heterocycles. The molecule has 3 aliphatic heterocycles. The quantitative estimate of drug-likeness (QED) is 0.0491. The van der Waals surface area contributed by atoms with Gasteiger partial charge < -0.3 is 24.4 Å². The van der Waals surface area contributed by atoms with Crippen LogP contribution in [-0.4, -0.2) is 86.1 Å². The molecule has 5 amide bonds. The van der Waals surface area contributed by atoms with Crippen LogP contribution in [-0.2, 0) is 45.5 Å². The number of carbonyl (C=O) groups excluding carboxylic acids is 5. The van der Waals surface area contributed by atoms with Gasteiger partial charge in [-0.15, -0.1) is 11.3 Å². The van der Waals surface area contributed by atoms with Gasteiger partial charge in [-0.25, -0.2) is 8.42 Å². The van der Waals surface area contributed by atoms with E-state index in [0.717, 1.165) is 78.1 Å². The molecule has 16 heteroatoms. The maximum absolute atomic E-state index is 14.0. The Hall–Kier alpha value is -5.58. The Kier molecular flexibility index (Phi) is 16.3. The largest absolute Gasteiger partial charge is 0.493 e. The fourth-order valence-electron chi connectivity index (χ4n) is 9.05. The Morgan fingerprint density at radius 3 is 2.26 bits per heavy atom. The summed E-state index contributed by atoms with van der Waals surface area (Å²) in [5.41, 5.74) is 4.65. The van der Waals surface area contributed by atoms with Crippen molar-refractivity contribution in [2.75, 3.05) is 32.3 Å². The number of nitrogens with one attached hydrogen (secondary N) is 2. The van der Waals surface area contributed by atoms with Crippen LogP contribution >= 0.6 is 11.3 Å². The number of aryl methyl sites for hydroxylation is 1. The van der Waals surface area contributed by atoms with E-state index in [2.05, 4.69) is 22.8 Å². The molecule has 4 heterocycles. The van der Waals surface area contributed by atoms with E-state index in [9.17, 15) is 32.4 Å². The number of ether oxygens (including phenoxy) is 3. The first kappa shape index (κ1) is 48.4. The van der Waals surface area contributed by atoms with Crippen LogP contribution in [0.25, 0.3) is 0 Å². The third kappa shape index (κ3) is 11.7. The van der Waals surface area contributed by atoms with Crippen LogP contribution in [0.3, 0.4) is 0 Å². The molecular weight excluding hydrogens is 881 g/mol. The number of unbranched alkanes of at least 4 members (excludes halogenated alkanes) is 8. The molecular formula is C50H60N4O10S2. The summed E-state index contributed by atoms with van der Waals surface area (Å²) < 4.78 is 42.4. The smallest absolute Gasteiger partial charge is 0.262 e. The molecule has 4 aromatic rings. The number of benzene rings is 3. The molecule has 66 heavy (non-hydrogen) atoms. The van der Waals surface area contributed by atoms with Gasteiger partial charge in [-0.3, -0.25) is 34.2 Å². The fraction of sp³-hybridized carbons (Fsp3) is 0.460. The number of hydrogen-bond donors (Lipinski definition) is 2. The summed E-state index contributed by atoms with van der Waals surface area (Å²) in [4.78, 5) is 68.4. The first-order chi connectivity index (χ1) is 31.9. The summed E-state index contributed by atoms with van der Waals surface area (Å²) in [6, 6.07) is 16.7. The second kappa shape index (κ2) is 22.3. The first-order valence-corrected chi connectivity index (χ1v) is 26.0. The topological polar surface area (TPSA) is 178 Å². The monoisotopic (exact) mass is 940 g/mol. The normalized spacial score (nSPS) is 16.4. The summed E-state index contributed by atoms with van der Waals surface area (Å²) in [6.07, 6.45) is 12.3. The van der Waals surface area contributed by atoms with Crippen molar-refractivity contribution in [1.29, 1.82) is 0 Å². The number of imide groups is 2. The van der Waals surface area contributed by atoms with E-state index >= 15 is 0 Å². The van der Waals surface area contributed by atoms with Crippen molar-refractivity contribution in [3.63, 3.8) is 0 Å². The number of nitrogens with zero attached hydrogens (tertiary/aromatic N) is 2. The summed E-state index contributed by atoms with van der Waals surface area (Å²) >= 11 is 1.49. The highest BCUT2D eigenvalue weighted by Gasteiger charge is 2.43. The zero-order chi connectivity index (χ0) is 46.8. The van der Waals surface area contributed by atoms with E-state index in [1.165, 1.54) is 49.7 Å². The predicted molar refractivity (Wildman–Crippen MR) is 252 cm³/mol. The van der Waals surface area contributed by atoms with Gasteiger partial charge in [0.25, 0.3) is 17.7 Å². The first-order valence-electron chi connectivity index (χ1n) is 23.0. The number of sulfone groups is 1. The molecule has 0 bridgehead atoms. The van der Waals surface area contributed by atoms with Crippen LogP contribution in [0.2, 0.25) is 0 Å². The second-order valence-corrected chi connectivity index (χ2v) is 20.4. The average Bonchev–Trinajstić information content (AvgIpc) is 3.93. The molecule has 3 aliphatic rings. The van der Waals surface area contributed by atoms with E-state index in [4.69, 9.17) is 14.2 Å². The number of hydrogen-bond acceptors (Lipinski definition) is 12. The lowest BCUT2D eigenvalue weighted by Crippen LogP contribution is -2.52. The maximum atomic E-state index is 14.0. The molecule has 7 rings (SSSR count). The van der Waals surface area contributed by atoms with Crippen molar-refractivity contribution in [3.05, 3.63) is 110 Å². The minimum atomic E-state index is -3.59. The summed E-state index contributed by atoms with van der Waals surface area (Å²) in [7, 11) is -2.08. The van der Waals surface area contributed by atoms with E-state index < -0.39 is 45.4 Å². The average molecular weight is 941 g/mol. The fourth-order valence-corrected chi connectivity index (χ4v) is 10.9. The lowest BCUT2D eigenvalue weighted by atomic mass is 9.97. The highest BCUT2D eigenvalue weighted by molar-refractivity contribution is 7.90. The van der Waals surface area contributed by atoms with Crippen molar-refractivity contribution in [3.8, 4) is 17.2 Å². The SMILES string of the molecule is CCOc1cc([C@@H](CS(C)(=O)=O)N2C(=O)c3cccc(CCCCCCCCCCCNCc4ccc(OCc5scc6c5CN(C5CCC(=O)NC5=O)C6=O)cc4)c3C2=O)ccc1OC. The maximum Gasteiger partial charge on any atom is 0.262 e. The van der Waals surface area contributed by atoms with Crippen LogP contribution in [0.4, 0.5) is 0 Å². The summed E-state index contributed by atoms with van der Waals surface area (Å²) in [5, 5.41) is 7.72. The van der Waals surface area contributed by atoms with Crippen molar-refractivity contribution in [2.45, 2.75) is 116 Å². The molecule has 1 fully saturated rings. The van der Waals surface area contributed by atoms with E-state index in [0.29, 0.717) is 66.4 Å². The van der Waals surface area contributed by atoms with Gasteiger partial charge in [-0.05, 0) is 86.2 Å². The number of fused-ring (bicyclic) bond motifs is 2. The van der Waals surface area contributed by atoms with Gasteiger partial charge >= 0.3 is 0 Å². The molecule has 3 aromatic carbocycles. The van der Waals surface area contributed by atoms with Gasteiger partial charge in [0, 0.05) is 41.6 Å².